The number of rotatable bonds is 3. The smallest absolute Gasteiger partial charge is 0.227 e. The molecule has 0 saturated carbocycles. The Labute approximate surface area is 130 Å². The summed E-state index contributed by atoms with van der Waals surface area (Å²) in [6.45, 7) is 0.354. The number of hydrogen-bond acceptors (Lipinski definition) is 5. The Kier molecular flexibility index (Phi) is 3.64. The van der Waals surface area contributed by atoms with Crippen LogP contribution in [0.3, 0.4) is 0 Å². The molecule has 1 aliphatic heterocycles. The van der Waals surface area contributed by atoms with Crippen LogP contribution in [-0.4, -0.2) is 31.6 Å². The molecule has 1 atom stereocenters. The second kappa shape index (κ2) is 5.20. The molecule has 112 valence electrons. The number of thiazole rings is 1. The van der Waals surface area contributed by atoms with E-state index in [4.69, 9.17) is 16.7 Å². The van der Waals surface area contributed by atoms with Gasteiger partial charge in [-0.05, 0) is 18.2 Å². The van der Waals surface area contributed by atoms with Gasteiger partial charge in [0.05, 0.1) is 16.0 Å². The average molecular weight is 346 g/mol. The topological polar surface area (TPSA) is 93.4 Å². The van der Waals surface area contributed by atoms with E-state index >= 15 is 0 Å². The molecular formula is C12H12ClN3O3S2. The van der Waals surface area contributed by atoms with Crippen molar-refractivity contribution in [1.82, 2.24) is 4.98 Å². The third-order valence-electron chi connectivity index (χ3n) is 3.33. The predicted octanol–water partition coefficient (Wildman–Crippen LogP) is 1.59. The van der Waals surface area contributed by atoms with Gasteiger partial charge in [0.25, 0.3) is 0 Å². The Morgan fingerprint density at radius 3 is 2.95 bits per heavy atom. The van der Waals surface area contributed by atoms with Crippen molar-refractivity contribution in [2.24, 2.45) is 11.1 Å². The van der Waals surface area contributed by atoms with Gasteiger partial charge >= 0.3 is 0 Å². The van der Waals surface area contributed by atoms with Gasteiger partial charge in [0.2, 0.25) is 15.9 Å². The number of aromatic nitrogens is 1. The van der Waals surface area contributed by atoms with Crippen molar-refractivity contribution in [3.05, 3.63) is 22.7 Å². The fourth-order valence-electron chi connectivity index (χ4n) is 2.52. The molecule has 2 heterocycles. The van der Waals surface area contributed by atoms with Crippen molar-refractivity contribution in [3.63, 3.8) is 0 Å². The van der Waals surface area contributed by atoms with E-state index in [0.717, 1.165) is 15.9 Å². The number of anilines is 1. The maximum Gasteiger partial charge on any atom is 0.227 e. The quantitative estimate of drug-likeness (QED) is 0.914. The van der Waals surface area contributed by atoms with Gasteiger partial charge in [0, 0.05) is 24.6 Å². The van der Waals surface area contributed by atoms with Gasteiger partial charge in [0.1, 0.15) is 0 Å². The number of primary sulfonamides is 1. The van der Waals surface area contributed by atoms with Gasteiger partial charge in [-0.15, -0.1) is 11.3 Å². The molecule has 1 unspecified atom stereocenters. The van der Waals surface area contributed by atoms with Crippen LogP contribution in [0.25, 0.3) is 10.2 Å². The molecule has 0 aliphatic carbocycles. The van der Waals surface area contributed by atoms with Crippen molar-refractivity contribution < 1.29 is 13.2 Å². The van der Waals surface area contributed by atoms with Crippen LogP contribution < -0.4 is 10.0 Å². The average Bonchev–Trinajstić information content (AvgIpc) is 2.88. The van der Waals surface area contributed by atoms with Crippen molar-refractivity contribution in [3.8, 4) is 0 Å². The summed E-state index contributed by atoms with van der Waals surface area (Å²) >= 11 is 7.20. The number of carbonyl (C=O) groups is 1. The molecule has 1 saturated heterocycles. The van der Waals surface area contributed by atoms with Gasteiger partial charge < -0.3 is 4.90 Å². The fourth-order valence-corrected chi connectivity index (χ4v) is 4.47. The molecule has 3 rings (SSSR count). The third kappa shape index (κ3) is 3.18. The van der Waals surface area contributed by atoms with Crippen LogP contribution in [-0.2, 0) is 14.8 Å². The number of amides is 1. The van der Waals surface area contributed by atoms with Crippen molar-refractivity contribution >= 4 is 54.8 Å². The lowest BCUT2D eigenvalue weighted by Gasteiger charge is -2.16. The largest absolute Gasteiger partial charge is 0.312 e. The first-order valence-corrected chi connectivity index (χ1v) is 9.10. The summed E-state index contributed by atoms with van der Waals surface area (Å²) in [5, 5.41) is 5.04. The zero-order chi connectivity index (χ0) is 15.2. The number of hydrogen-bond donors (Lipinski definition) is 1. The zero-order valence-corrected chi connectivity index (χ0v) is 13.2. The molecular weight excluding hydrogens is 334 g/mol. The van der Waals surface area contributed by atoms with Gasteiger partial charge in [-0.2, -0.15) is 0 Å². The molecule has 1 aromatic carbocycles. The highest BCUT2D eigenvalue weighted by Crippen LogP contribution is 2.32. The Morgan fingerprint density at radius 1 is 1.48 bits per heavy atom. The summed E-state index contributed by atoms with van der Waals surface area (Å²) in [6, 6.07) is 5.43. The summed E-state index contributed by atoms with van der Waals surface area (Å²) in [4.78, 5) is 17.8. The first-order valence-electron chi connectivity index (χ1n) is 6.19. The lowest BCUT2D eigenvalue weighted by molar-refractivity contribution is -0.117. The van der Waals surface area contributed by atoms with Crippen LogP contribution in [0, 0.1) is 5.92 Å². The SMILES string of the molecule is NS(=O)(=O)CC1CC(=O)N(c2ccc3nc(Cl)sc3c2)C1. The normalized spacial score (nSPS) is 19.6. The van der Waals surface area contributed by atoms with Crippen molar-refractivity contribution in [2.45, 2.75) is 6.42 Å². The number of benzene rings is 1. The molecule has 0 spiro atoms. The Morgan fingerprint density at radius 2 is 2.24 bits per heavy atom. The number of fused-ring (bicyclic) bond motifs is 1. The number of halogens is 1. The van der Waals surface area contributed by atoms with Crippen LogP contribution in [0.1, 0.15) is 6.42 Å². The molecule has 1 amide bonds. The minimum atomic E-state index is -3.57. The number of nitrogens with two attached hydrogens (primary N) is 1. The van der Waals surface area contributed by atoms with Gasteiger partial charge in [-0.25, -0.2) is 18.5 Å². The van der Waals surface area contributed by atoms with E-state index in [9.17, 15) is 13.2 Å². The molecule has 2 aromatic rings. The highest BCUT2D eigenvalue weighted by Gasteiger charge is 2.32. The second-order valence-electron chi connectivity index (χ2n) is 5.02. The number of sulfonamides is 1. The summed E-state index contributed by atoms with van der Waals surface area (Å²) in [7, 11) is -3.57. The Bertz CT molecular complexity index is 818. The number of carbonyl (C=O) groups excluding carboxylic acids is 1. The first kappa shape index (κ1) is 14.7. The third-order valence-corrected chi connectivity index (χ3v) is 5.39. The molecule has 0 bridgehead atoms. The minimum absolute atomic E-state index is 0.0985. The van der Waals surface area contributed by atoms with Gasteiger partial charge in [-0.3, -0.25) is 4.79 Å². The van der Waals surface area contributed by atoms with E-state index in [1.165, 1.54) is 11.3 Å². The monoisotopic (exact) mass is 345 g/mol. The van der Waals surface area contributed by atoms with E-state index in [1.54, 1.807) is 17.0 Å². The van der Waals surface area contributed by atoms with Crippen molar-refractivity contribution in [1.29, 1.82) is 0 Å². The second-order valence-corrected chi connectivity index (χ2v) is 8.29. The number of nitrogens with zero attached hydrogens (tertiary/aromatic N) is 2. The van der Waals surface area contributed by atoms with Crippen LogP contribution in [0.4, 0.5) is 5.69 Å². The van der Waals surface area contributed by atoms with E-state index < -0.39 is 10.0 Å². The zero-order valence-electron chi connectivity index (χ0n) is 10.8. The summed E-state index contributed by atoms with van der Waals surface area (Å²) in [6.07, 6.45) is 0.192. The summed E-state index contributed by atoms with van der Waals surface area (Å²) in [5.74, 6) is -0.545. The van der Waals surface area contributed by atoms with Crippen LogP contribution in [0.15, 0.2) is 18.2 Å². The molecule has 0 radical (unpaired) electrons. The van der Waals surface area contributed by atoms with Crippen LogP contribution >= 0.6 is 22.9 Å². The molecule has 21 heavy (non-hydrogen) atoms. The van der Waals surface area contributed by atoms with E-state index in [0.29, 0.717) is 11.0 Å². The predicted molar refractivity (Wildman–Crippen MR) is 83.1 cm³/mol. The Balaban J connectivity index is 1.86. The highest BCUT2D eigenvalue weighted by molar-refractivity contribution is 7.89. The van der Waals surface area contributed by atoms with Gasteiger partial charge in [-0.1, -0.05) is 11.6 Å². The van der Waals surface area contributed by atoms with Crippen LogP contribution in [0.2, 0.25) is 4.47 Å². The first-order chi connectivity index (χ1) is 9.82. The maximum atomic E-state index is 12.1. The lowest BCUT2D eigenvalue weighted by Crippen LogP contribution is -2.27. The molecule has 6 nitrogen and oxygen atoms in total. The van der Waals surface area contributed by atoms with E-state index in [-0.39, 0.29) is 24.0 Å². The summed E-state index contributed by atoms with van der Waals surface area (Å²) < 4.78 is 23.6. The fraction of sp³-hybridized carbons (Fsp3) is 0.333. The highest BCUT2D eigenvalue weighted by atomic mass is 35.5. The van der Waals surface area contributed by atoms with E-state index in [1.807, 2.05) is 6.07 Å². The molecule has 1 fully saturated rings. The lowest BCUT2D eigenvalue weighted by atomic mass is 10.1. The Hall–Kier alpha value is -1.22. The van der Waals surface area contributed by atoms with Gasteiger partial charge in [0.15, 0.2) is 4.47 Å². The van der Waals surface area contributed by atoms with Crippen LogP contribution in [0.5, 0.6) is 0 Å². The van der Waals surface area contributed by atoms with Crippen molar-refractivity contribution in [2.75, 3.05) is 17.2 Å². The van der Waals surface area contributed by atoms with E-state index in [2.05, 4.69) is 4.98 Å². The minimum Gasteiger partial charge on any atom is -0.312 e. The maximum absolute atomic E-state index is 12.1. The standard InChI is InChI=1S/C12H12ClN3O3S2/c13-12-15-9-2-1-8(4-10(9)20-12)16-5-7(3-11(16)17)6-21(14,18)19/h1-2,4,7H,3,5-6H2,(H2,14,18,19). The molecule has 1 aliphatic rings. The molecule has 9 heteroatoms. The molecule has 2 N–H and O–H groups in total. The summed E-state index contributed by atoms with van der Waals surface area (Å²) in [5.41, 5.74) is 1.51. The molecule has 1 aromatic heterocycles.